The molecule has 0 aromatic carbocycles. The SMILES string of the molecule is Cc1ccc(C(NCCC2CCNCC2)C(=O)NCCc2ccncc2)s1. The summed E-state index contributed by atoms with van der Waals surface area (Å²) in [7, 11) is 0. The first-order chi connectivity index (χ1) is 13.2. The maximum Gasteiger partial charge on any atom is 0.242 e. The van der Waals surface area contributed by atoms with Gasteiger partial charge in [0.05, 0.1) is 0 Å². The molecule has 27 heavy (non-hydrogen) atoms. The van der Waals surface area contributed by atoms with Gasteiger partial charge in [-0.2, -0.15) is 0 Å². The van der Waals surface area contributed by atoms with Crippen molar-refractivity contribution in [2.45, 2.75) is 38.6 Å². The van der Waals surface area contributed by atoms with Gasteiger partial charge in [-0.15, -0.1) is 11.3 Å². The van der Waals surface area contributed by atoms with Crippen LogP contribution in [0.2, 0.25) is 0 Å². The second kappa shape index (κ2) is 10.5. The van der Waals surface area contributed by atoms with Crippen LogP contribution in [0, 0.1) is 12.8 Å². The molecular weight excluding hydrogens is 356 g/mol. The largest absolute Gasteiger partial charge is 0.354 e. The Bertz CT molecular complexity index is 697. The van der Waals surface area contributed by atoms with Gasteiger partial charge < -0.3 is 16.0 Å². The smallest absolute Gasteiger partial charge is 0.242 e. The Balaban J connectivity index is 1.51. The number of hydrogen-bond donors (Lipinski definition) is 3. The highest BCUT2D eigenvalue weighted by Gasteiger charge is 2.22. The van der Waals surface area contributed by atoms with E-state index in [4.69, 9.17) is 0 Å². The minimum absolute atomic E-state index is 0.0659. The lowest BCUT2D eigenvalue weighted by Gasteiger charge is -2.24. The highest BCUT2D eigenvalue weighted by molar-refractivity contribution is 7.12. The third-order valence-electron chi connectivity index (χ3n) is 5.13. The van der Waals surface area contributed by atoms with Crippen LogP contribution in [-0.4, -0.2) is 37.1 Å². The van der Waals surface area contributed by atoms with Crippen LogP contribution in [0.15, 0.2) is 36.7 Å². The van der Waals surface area contributed by atoms with Crippen molar-refractivity contribution in [2.75, 3.05) is 26.2 Å². The molecule has 3 heterocycles. The Labute approximate surface area is 166 Å². The van der Waals surface area contributed by atoms with E-state index >= 15 is 0 Å². The molecule has 1 amide bonds. The number of hydrogen-bond acceptors (Lipinski definition) is 5. The standard InChI is InChI=1S/C21H30N4OS/c1-16-2-3-19(27-16)20(24-14-8-17-4-10-22-11-5-17)21(26)25-15-9-18-6-12-23-13-7-18/h2-3,6-7,12-13,17,20,22,24H,4-5,8-11,14-15H2,1H3,(H,25,26). The van der Waals surface area contributed by atoms with Crippen LogP contribution in [0.3, 0.4) is 0 Å². The molecule has 0 bridgehead atoms. The van der Waals surface area contributed by atoms with E-state index in [2.05, 4.69) is 40.0 Å². The van der Waals surface area contributed by atoms with Crippen LogP contribution in [0.25, 0.3) is 0 Å². The average molecular weight is 387 g/mol. The van der Waals surface area contributed by atoms with Gasteiger partial charge in [-0.3, -0.25) is 9.78 Å². The zero-order valence-electron chi connectivity index (χ0n) is 16.0. The van der Waals surface area contributed by atoms with Crippen molar-refractivity contribution in [3.8, 4) is 0 Å². The first kappa shape index (κ1) is 20.0. The summed E-state index contributed by atoms with van der Waals surface area (Å²) in [6.07, 6.45) is 8.00. The van der Waals surface area contributed by atoms with E-state index in [1.54, 1.807) is 23.7 Å². The lowest BCUT2D eigenvalue weighted by molar-refractivity contribution is -0.123. The maximum absolute atomic E-state index is 12.8. The van der Waals surface area contributed by atoms with Crippen LogP contribution in [0.4, 0.5) is 0 Å². The maximum atomic E-state index is 12.8. The predicted molar refractivity (Wildman–Crippen MR) is 111 cm³/mol. The third kappa shape index (κ3) is 6.41. The van der Waals surface area contributed by atoms with Crippen molar-refractivity contribution in [1.29, 1.82) is 0 Å². The van der Waals surface area contributed by atoms with Crippen LogP contribution in [0.1, 0.15) is 40.6 Å². The number of nitrogens with one attached hydrogen (secondary N) is 3. The summed E-state index contributed by atoms with van der Waals surface area (Å²) >= 11 is 1.70. The fourth-order valence-corrected chi connectivity index (χ4v) is 4.47. The summed E-state index contributed by atoms with van der Waals surface area (Å²) in [4.78, 5) is 19.2. The monoisotopic (exact) mass is 386 g/mol. The Morgan fingerprint density at radius 2 is 2.00 bits per heavy atom. The number of aromatic nitrogens is 1. The van der Waals surface area contributed by atoms with Crippen LogP contribution in [0.5, 0.6) is 0 Å². The molecule has 0 saturated carbocycles. The van der Waals surface area contributed by atoms with Gasteiger partial charge in [-0.25, -0.2) is 0 Å². The molecule has 5 nitrogen and oxygen atoms in total. The normalized spacial score (nSPS) is 16.2. The van der Waals surface area contributed by atoms with Gasteiger partial charge >= 0.3 is 0 Å². The Kier molecular flexibility index (Phi) is 7.80. The Morgan fingerprint density at radius 3 is 2.70 bits per heavy atom. The van der Waals surface area contributed by atoms with Gasteiger partial charge in [0.25, 0.3) is 0 Å². The van der Waals surface area contributed by atoms with E-state index in [1.165, 1.54) is 23.3 Å². The van der Waals surface area contributed by atoms with Crippen molar-refractivity contribution in [3.63, 3.8) is 0 Å². The van der Waals surface area contributed by atoms with Crippen LogP contribution >= 0.6 is 11.3 Å². The molecule has 2 aromatic heterocycles. The highest BCUT2D eigenvalue weighted by atomic mass is 32.1. The molecule has 1 aliphatic rings. The molecule has 1 unspecified atom stereocenters. The van der Waals surface area contributed by atoms with Gasteiger partial charge in [-0.05, 0) is 88.0 Å². The summed E-state index contributed by atoms with van der Waals surface area (Å²) in [5, 5.41) is 10.0. The van der Waals surface area contributed by atoms with Gasteiger partial charge in [0.1, 0.15) is 6.04 Å². The van der Waals surface area contributed by atoms with E-state index in [0.29, 0.717) is 6.54 Å². The second-order valence-corrected chi connectivity index (χ2v) is 8.53. The van der Waals surface area contributed by atoms with E-state index < -0.39 is 0 Å². The lowest BCUT2D eigenvalue weighted by Crippen LogP contribution is -2.39. The zero-order valence-corrected chi connectivity index (χ0v) is 16.9. The summed E-state index contributed by atoms with van der Waals surface area (Å²) in [5.41, 5.74) is 1.19. The molecule has 1 saturated heterocycles. The molecule has 1 aliphatic heterocycles. The summed E-state index contributed by atoms with van der Waals surface area (Å²) in [6.45, 7) is 5.84. The summed E-state index contributed by atoms with van der Waals surface area (Å²) in [5.74, 6) is 0.829. The molecule has 0 radical (unpaired) electrons. The zero-order chi connectivity index (χ0) is 18.9. The number of pyridine rings is 1. The van der Waals surface area contributed by atoms with Crippen LogP contribution in [-0.2, 0) is 11.2 Å². The molecule has 0 aliphatic carbocycles. The minimum atomic E-state index is -0.261. The lowest BCUT2D eigenvalue weighted by atomic mass is 9.94. The predicted octanol–water partition coefficient (Wildman–Crippen LogP) is 2.83. The molecule has 1 fully saturated rings. The highest BCUT2D eigenvalue weighted by Crippen LogP contribution is 2.24. The van der Waals surface area contributed by atoms with Crippen molar-refractivity contribution >= 4 is 17.2 Å². The fraction of sp³-hybridized carbons (Fsp3) is 0.524. The molecule has 3 N–H and O–H groups in total. The topological polar surface area (TPSA) is 66.0 Å². The number of aryl methyl sites for hydroxylation is 1. The van der Waals surface area contributed by atoms with E-state index in [9.17, 15) is 4.79 Å². The van der Waals surface area contributed by atoms with E-state index in [-0.39, 0.29) is 11.9 Å². The van der Waals surface area contributed by atoms with Crippen molar-refractivity contribution < 1.29 is 4.79 Å². The van der Waals surface area contributed by atoms with Gasteiger partial charge in [-0.1, -0.05) is 0 Å². The number of amides is 1. The number of carbonyl (C=O) groups is 1. The van der Waals surface area contributed by atoms with Crippen molar-refractivity contribution in [2.24, 2.45) is 5.92 Å². The summed E-state index contributed by atoms with van der Waals surface area (Å²) < 4.78 is 0. The van der Waals surface area contributed by atoms with E-state index in [0.717, 1.165) is 43.3 Å². The van der Waals surface area contributed by atoms with Gasteiger partial charge in [0.15, 0.2) is 0 Å². The van der Waals surface area contributed by atoms with Crippen molar-refractivity contribution in [1.82, 2.24) is 20.9 Å². The quantitative estimate of drug-likeness (QED) is 0.620. The Morgan fingerprint density at radius 1 is 1.22 bits per heavy atom. The Hall–Kier alpha value is -1.76. The summed E-state index contributed by atoms with van der Waals surface area (Å²) in [6, 6.07) is 7.88. The molecule has 2 aromatic rings. The number of thiophene rings is 1. The number of piperidine rings is 1. The fourth-order valence-electron chi connectivity index (χ4n) is 3.51. The van der Waals surface area contributed by atoms with Gasteiger partial charge in [0.2, 0.25) is 5.91 Å². The van der Waals surface area contributed by atoms with E-state index in [1.807, 2.05) is 12.1 Å². The average Bonchev–Trinajstić information content (AvgIpc) is 3.12. The molecule has 1 atom stereocenters. The molecule has 0 spiro atoms. The molecular formula is C21H30N4OS. The minimum Gasteiger partial charge on any atom is -0.354 e. The third-order valence-corrected chi connectivity index (χ3v) is 6.20. The molecule has 3 rings (SSSR count). The first-order valence-corrected chi connectivity index (χ1v) is 10.7. The van der Waals surface area contributed by atoms with Gasteiger partial charge in [0, 0.05) is 28.7 Å². The second-order valence-electron chi connectivity index (χ2n) is 7.21. The van der Waals surface area contributed by atoms with Crippen LogP contribution < -0.4 is 16.0 Å². The number of nitrogens with zero attached hydrogens (tertiary/aromatic N) is 1. The number of carbonyl (C=O) groups excluding carboxylic acids is 1. The molecule has 146 valence electrons. The molecule has 6 heteroatoms. The van der Waals surface area contributed by atoms with Crippen molar-refractivity contribution in [3.05, 3.63) is 52.0 Å². The number of rotatable bonds is 9. The first-order valence-electron chi connectivity index (χ1n) is 9.89.